The minimum Gasteiger partial charge on any atom is -0.314 e. The third-order valence-electron chi connectivity index (χ3n) is 5.17. The van der Waals surface area contributed by atoms with E-state index in [1.807, 2.05) is 0 Å². The molecule has 3 heteroatoms. The van der Waals surface area contributed by atoms with Crippen LogP contribution < -0.4 is 5.32 Å². The van der Waals surface area contributed by atoms with Crippen LogP contribution in [0.5, 0.6) is 0 Å². The van der Waals surface area contributed by atoms with Crippen molar-refractivity contribution in [1.29, 1.82) is 0 Å². The lowest BCUT2D eigenvalue weighted by atomic mass is 9.82. The summed E-state index contributed by atoms with van der Waals surface area (Å²) in [5, 5.41) is 3.49. The maximum atomic E-state index is 3.49. The fourth-order valence-corrected chi connectivity index (χ4v) is 3.60. The summed E-state index contributed by atoms with van der Waals surface area (Å²) >= 11 is 0. The van der Waals surface area contributed by atoms with Gasteiger partial charge in [0.15, 0.2) is 0 Å². The standard InChI is InChI=1S/C16H33N3/c1-14(2)18(3)13-16(15-7-5-4-6-8-15)19-11-9-17-10-12-19/h14-17H,4-13H2,1-3H3. The molecule has 0 radical (unpaired) electrons. The summed E-state index contributed by atoms with van der Waals surface area (Å²) in [6.07, 6.45) is 7.29. The van der Waals surface area contributed by atoms with Gasteiger partial charge < -0.3 is 10.2 Å². The second-order valence-electron chi connectivity index (χ2n) is 6.78. The van der Waals surface area contributed by atoms with Crippen molar-refractivity contribution in [2.75, 3.05) is 39.8 Å². The summed E-state index contributed by atoms with van der Waals surface area (Å²) in [6, 6.07) is 1.45. The molecule has 1 saturated heterocycles. The summed E-state index contributed by atoms with van der Waals surface area (Å²) < 4.78 is 0. The van der Waals surface area contributed by atoms with Crippen LogP contribution in [0.2, 0.25) is 0 Å². The number of rotatable bonds is 5. The molecule has 112 valence electrons. The Bertz CT molecular complexity index is 224. The topological polar surface area (TPSA) is 18.5 Å². The summed E-state index contributed by atoms with van der Waals surface area (Å²) in [4.78, 5) is 5.31. The van der Waals surface area contributed by atoms with E-state index in [4.69, 9.17) is 0 Å². The van der Waals surface area contributed by atoms with Gasteiger partial charge in [-0.3, -0.25) is 4.90 Å². The molecular weight excluding hydrogens is 234 g/mol. The number of likely N-dealkylation sites (N-methyl/N-ethyl adjacent to an activating group) is 1. The van der Waals surface area contributed by atoms with Crippen LogP contribution in [0, 0.1) is 5.92 Å². The number of hydrogen-bond donors (Lipinski definition) is 1. The van der Waals surface area contributed by atoms with Crippen molar-refractivity contribution >= 4 is 0 Å². The quantitative estimate of drug-likeness (QED) is 0.824. The molecule has 3 nitrogen and oxygen atoms in total. The molecular formula is C16H33N3. The third kappa shape index (κ3) is 4.44. The van der Waals surface area contributed by atoms with E-state index in [0.29, 0.717) is 6.04 Å². The molecule has 1 heterocycles. The second kappa shape index (κ2) is 7.61. The van der Waals surface area contributed by atoms with Crippen LogP contribution in [-0.2, 0) is 0 Å². The Labute approximate surface area is 119 Å². The molecule has 0 bridgehead atoms. The Hall–Kier alpha value is -0.120. The number of piperazine rings is 1. The van der Waals surface area contributed by atoms with E-state index in [2.05, 4.69) is 36.0 Å². The average molecular weight is 267 g/mol. The molecule has 0 spiro atoms. The second-order valence-corrected chi connectivity index (χ2v) is 6.78. The molecule has 2 aliphatic rings. The van der Waals surface area contributed by atoms with E-state index >= 15 is 0 Å². The van der Waals surface area contributed by atoms with Gasteiger partial charge in [-0.25, -0.2) is 0 Å². The molecule has 2 fully saturated rings. The Morgan fingerprint density at radius 2 is 1.74 bits per heavy atom. The summed E-state index contributed by atoms with van der Waals surface area (Å²) in [5.74, 6) is 0.938. The molecule has 0 amide bonds. The first-order valence-corrected chi connectivity index (χ1v) is 8.33. The highest BCUT2D eigenvalue weighted by molar-refractivity contribution is 4.86. The maximum absolute atomic E-state index is 3.49. The lowest BCUT2D eigenvalue weighted by Gasteiger charge is -2.43. The van der Waals surface area contributed by atoms with Crippen LogP contribution in [-0.4, -0.2) is 61.7 Å². The highest BCUT2D eigenvalue weighted by Gasteiger charge is 2.30. The number of nitrogens with one attached hydrogen (secondary N) is 1. The molecule has 1 aliphatic heterocycles. The van der Waals surface area contributed by atoms with E-state index in [-0.39, 0.29) is 0 Å². The Balaban J connectivity index is 1.98. The average Bonchev–Trinajstić information content (AvgIpc) is 2.46. The fourth-order valence-electron chi connectivity index (χ4n) is 3.60. The largest absolute Gasteiger partial charge is 0.314 e. The maximum Gasteiger partial charge on any atom is 0.0252 e. The zero-order valence-electron chi connectivity index (χ0n) is 13.2. The normalized spacial score (nSPS) is 25.1. The van der Waals surface area contributed by atoms with E-state index in [1.54, 1.807) is 0 Å². The van der Waals surface area contributed by atoms with Gasteiger partial charge in [-0.2, -0.15) is 0 Å². The van der Waals surface area contributed by atoms with Gasteiger partial charge in [0, 0.05) is 44.8 Å². The van der Waals surface area contributed by atoms with Crippen molar-refractivity contribution < 1.29 is 0 Å². The van der Waals surface area contributed by atoms with Crippen molar-refractivity contribution in [3.63, 3.8) is 0 Å². The van der Waals surface area contributed by atoms with Crippen LogP contribution in [0.1, 0.15) is 46.0 Å². The van der Waals surface area contributed by atoms with E-state index in [0.717, 1.165) is 12.0 Å². The van der Waals surface area contributed by atoms with Crippen molar-refractivity contribution in [3.8, 4) is 0 Å². The van der Waals surface area contributed by atoms with Gasteiger partial charge in [-0.1, -0.05) is 19.3 Å². The monoisotopic (exact) mass is 267 g/mol. The Morgan fingerprint density at radius 3 is 2.32 bits per heavy atom. The van der Waals surface area contributed by atoms with Gasteiger partial charge in [0.25, 0.3) is 0 Å². The Morgan fingerprint density at radius 1 is 1.11 bits per heavy atom. The minimum absolute atomic E-state index is 0.661. The van der Waals surface area contributed by atoms with Crippen molar-refractivity contribution in [3.05, 3.63) is 0 Å². The zero-order valence-corrected chi connectivity index (χ0v) is 13.2. The highest BCUT2D eigenvalue weighted by atomic mass is 15.3. The highest BCUT2D eigenvalue weighted by Crippen LogP contribution is 2.29. The van der Waals surface area contributed by atoms with Crippen LogP contribution >= 0.6 is 0 Å². The molecule has 0 aromatic heterocycles. The Kier molecular flexibility index (Phi) is 6.11. The van der Waals surface area contributed by atoms with Crippen LogP contribution in [0.4, 0.5) is 0 Å². The minimum atomic E-state index is 0.661. The third-order valence-corrected chi connectivity index (χ3v) is 5.17. The molecule has 1 atom stereocenters. The first-order valence-electron chi connectivity index (χ1n) is 8.33. The summed E-state index contributed by atoms with van der Waals surface area (Å²) in [5.41, 5.74) is 0. The fraction of sp³-hybridized carbons (Fsp3) is 1.00. The molecule has 19 heavy (non-hydrogen) atoms. The van der Waals surface area contributed by atoms with Gasteiger partial charge in [-0.05, 0) is 39.7 Å². The van der Waals surface area contributed by atoms with Crippen molar-refractivity contribution in [2.45, 2.75) is 58.0 Å². The van der Waals surface area contributed by atoms with Gasteiger partial charge in [-0.15, -0.1) is 0 Å². The smallest absolute Gasteiger partial charge is 0.0252 e. The predicted molar refractivity (Wildman–Crippen MR) is 82.6 cm³/mol. The lowest BCUT2D eigenvalue weighted by Crippen LogP contribution is -2.55. The van der Waals surface area contributed by atoms with Crippen LogP contribution in [0.3, 0.4) is 0 Å². The van der Waals surface area contributed by atoms with Crippen LogP contribution in [0.25, 0.3) is 0 Å². The molecule has 0 aromatic carbocycles. The van der Waals surface area contributed by atoms with E-state index < -0.39 is 0 Å². The SMILES string of the molecule is CC(C)N(C)CC(C1CCCCC1)N1CCNCC1. The lowest BCUT2D eigenvalue weighted by molar-refractivity contribution is 0.0686. The van der Waals surface area contributed by atoms with Gasteiger partial charge in [0.1, 0.15) is 0 Å². The van der Waals surface area contributed by atoms with Crippen molar-refractivity contribution in [2.24, 2.45) is 5.92 Å². The molecule has 2 rings (SSSR count). The first kappa shape index (κ1) is 15.3. The first-order chi connectivity index (χ1) is 9.18. The number of nitrogens with zero attached hydrogens (tertiary/aromatic N) is 2. The van der Waals surface area contributed by atoms with Crippen LogP contribution in [0.15, 0.2) is 0 Å². The molecule has 1 unspecified atom stereocenters. The van der Waals surface area contributed by atoms with Crippen molar-refractivity contribution in [1.82, 2.24) is 15.1 Å². The number of hydrogen-bond acceptors (Lipinski definition) is 3. The zero-order chi connectivity index (χ0) is 13.7. The summed E-state index contributed by atoms with van der Waals surface area (Å²) in [7, 11) is 2.29. The van der Waals surface area contributed by atoms with E-state index in [9.17, 15) is 0 Å². The molecule has 1 N–H and O–H groups in total. The van der Waals surface area contributed by atoms with Gasteiger partial charge >= 0.3 is 0 Å². The van der Waals surface area contributed by atoms with E-state index in [1.165, 1.54) is 64.8 Å². The molecule has 1 saturated carbocycles. The predicted octanol–water partition coefficient (Wildman–Crippen LogP) is 2.18. The summed E-state index contributed by atoms with van der Waals surface area (Å²) in [6.45, 7) is 10.7. The van der Waals surface area contributed by atoms with Gasteiger partial charge in [0.05, 0.1) is 0 Å². The molecule has 0 aromatic rings. The molecule has 1 aliphatic carbocycles. The van der Waals surface area contributed by atoms with Gasteiger partial charge in [0.2, 0.25) is 0 Å².